The number of hydrogen-bond donors (Lipinski definition) is 2. The molecule has 0 spiro atoms. The van der Waals surface area contributed by atoms with E-state index >= 15 is 0 Å². The molecule has 1 atom stereocenters. The van der Waals surface area contributed by atoms with Crippen molar-refractivity contribution in [2.45, 2.75) is 32.8 Å². The van der Waals surface area contributed by atoms with E-state index in [4.69, 9.17) is 4.74 Å². The largest absolute Gasteiger partial charge is 0.453 e. The van der Waals surface area contributed by atoms with Gasteiger partial charge in [0.05, 0.1) is 6.54 Å². The summed E-state index contributed by atoms with van der Waals surface area (Å²) in [6, 6.07) is 5.95. The Kier molecular flexibility index (Phi) is 6.64. The number of carbonyl (C=O) groups excluding carboxylic acids is 5. The van der Waals surface area contributed by atoms with Crippen LogP contribution in [0.4, 0.5) is 10.5 Å². The number of amides is 4. The van der Waals surface area contributed by atoms with E-state index in [9.17, 15) is 24.0 Å². The summed E-state index contributed by atoms with van der Waals surface area (Å²) in [4.78, 5) is 59.1. The minimum Gasteiger partial charge on any atom is -0.453 e. The molecule has 1 fully saturated rings. The maximum absolute atomic E-state index is 12.1. The first-order valence-electron chi connectivity index (χ1n) is 8.47. The Labute approximate surface area is 156 Å². The van der Waals surface area contributed by atoms with E-state index in [1.54, 1.807) is 18.2 Å². The second-order valence-corrected chi connectivity index (χ2v) is 6.07. The molecule has 2 rings (SSSR count). The number of urea groups is 1. The highest BCUT2D eigenvalue weighted by molar-refractivity contribution is 6.02. The van der Waals surface area contributed by atoms with Crippen molar-refractivity contribution in [3.63, 3.8) is 0 Å². The Morgan fingerprint density at radius 3 is 2.67 bits per heavy atom. The van der Waals surface area contributed by atoms with Crippen molar-refractivity contribution in [2.24, 2.45) is 0 Å². The minimum atomic E-state index is -1.03. The lowest BCUT2D eigenvalue weighted by atomic mass is 10.1. The molecule has 4 amide bonds. The van der Waals surface area contributed by atoms with Gasteiger partial charge in [-0.2, -0.15) is 0 Å². The summed E-state index contributed by atoms with van der Waals surface area (Å²) in [5.74, 6) is -1.61. The van der Waals surface area contributed by atoms with Crippen LogP contribution < -0.4 is 10.6 Å². The average molecular weight is 375 g/mol. The summed E-state index contributed by atoms with van der Waals surface area (Å²) in [5.41, 5.74) is 0.882. The van der Waals surface area contributed by atoms with Gasteiger partial charge in [0.15, 0.2) is 11.9 Å². The number of rotatable bonds is 8. The molecule has 0 saturated carbocycles. The summed E-state index contributed by atoms with van der Waals surface area (Å²) in [5, 5.41) is 4.97. The van der Waals surface area contributed by atoms with Gasteiger partial charge >= 0.3 is 12.0 Å². The van der Waals surface area contributed by atoms with E-state index < -0.39 is 24.0 Å². The molecule has 1 heterocycles. The molecule has 0 bridgehead atoms. The molecule has 1 aromatic rings. The Bertz CT molecular complexity index is 760. The third kappa shape index (κ3) is 5.63. The number of ether oxygens (including phenoxy) is 1. The van der Waals surface area contributed by atoms with Crippen molar-refractivity contribution in [1.82, 2.24) is 10.2 Å². The summed E-state index contributed by atoms with van der Waals surface area (Å²) in [6.45, 7) is 2.92. The standard InChI is InChI=1S/C18H21N3O6/c1-11(22)13-5-3-6-14(9-13)20-17(25)12(2)27-16(24)7-4-8-21-15(23)10-19-18(21)26/h3,5-6,9,12H,4,7-8,10H2,1-2H3,(H,19,26)(H,20,25). The van der Waals surface area contributed by atoms with E-state index in [1.165, 1.54) is 19.9 Å². The summed E-state index contributed by atoms with van der Waals surface area (Å²) >= 11 is 0. The van der Waals surface area contributed by atoms with Gasteiger partial charge in [0, 0.05) is 24.2 Å². The van der Waals surface area contributed by atoms with E-state index in [0.717, 1.165) is 4.90 Å². The summed E-state index contributed by atoms with van der Waals surface area (Å²) in [6.07, 6.45) is -0.822. The molecule has 9 heteroatoms. The van der Waals surface area contributed by atoms with Crippen molar-refractivity contribution in [3.05, 3.63) is 29.8 Å². The SMILES string of the molecule is CC(=O)c1cccc(NC(=O)C(C)OC(=O)CCCN2C(=O)CNC2=O)c1. The number of imide groups is 1. The number of Topliss-reactive ketones (excluding diaryl/α,β-unsaturated/α-hetero) is 1. The van der Waals surface area contributed by atoms with E-state index in [0.29, 0.717) is 11.3 Å². The van der Waals surface area contributed by atoms with Crippen molar-refractivity contribution >= 4 is 35.3 Å². The molecule has 9 nitrogen and oxygen atoms in total. The van der Waals surface area contributed by atoms with Crippen LogP contribution in [0.5, 0.6) is 0 Å². The molecule has 1 unspecified atom stereocenters. The fourth-order valence-electron chi connectivity index (χ4n) is 2.43. The van der Waals surface area contributed by atoms with Crippen LogP contribution >= 0.6 is 0 Å². The van der Waals surface area contributed by atoms with Crippen LogP contribution in [0, 0.1) is 0 Å². The van der Waals surface area contributed by atoms with Gasteiger partial charge < -0.3 is 15.4 Å². The highest BCUT2D eigenvalue weighted by atomic mass is 16.5. The average Bonchev–Trinajstić information content (AvgIpc) is 2.93. The zero-order valence-corrected chi connectivity index (χ0v) is 15.1. The number of esters is 1. The Balaban J connectivity index is 1.77. The van der Waals surface area contributed by atoms with Gasteiger partial charge in [-0.05, 0) is 32.4 Å². The number of anilines is 1. The first-order valence-corrected chi connectivity index (χ1v) is 8.47. The predicted molar refractivity (Wildman–Crippen MR) is 95.0 cm³/mol. The van der Waals surface area contributed by atoms with Crippen LogP contribution in [0.2, 0.25) is 0 Å². The number of nitrogens with zero attached hydrogens (tertiary/aromatic N) is 1. The molecule has 27 heavy (non-hydrogen) atoms. The lowest BCUT2D eigenvalue weighted by Gasteiger charge is -2.15. The van der Waals surface area contributed by atoms with Crippen LogP contribution in [0.1, 0.15) is 37.0 Å². The van der Waals surface area contributed by atoms with E-state index in [2.05, 4.69) is 10.6 Å². The first-order chi connectivity index (χ1) is 12.8. The lowest BCUT2D eigenvalue weighted by molar-refractivity contribution is -0.153. The number of nitrogens with one attached hydrogen (secondary N) is 2. The van der Waals surface area contributed by atoms with Gasteiger partial charge in [0.25, 0.3) is 5.91 Å². The smallest absolute Gasteiger partial charge is 0.324 e. The van der Waals surface area contributed by atoms with Crippen molar-refractivity contribution in [3.8, 4) is 0 Å². The van der Waals surface area contributed by atoms with E-state index in [-0.39, 0.29) is 37.6 Å². The fraction of sp³-hybridized carbons (Fsp3) is 0.389. The van der Waals surface area contributed by atoms with Crippen LogP contribution in [-0.2, 0) is 19.1 Å². The molecular formula is C18H21N3O6. The molecule has 1 aliphatic rings. The van der Waals surface area contributed by atoms with Crippen LogP contribution in [0.3, 0.4) is 0 Å². The molecule has 0 radical (unpaired) electrons. The molecular weight excluding hydrogens is 354 g/mol. The lowest BCUT2D eigenvalue weighted by Crippen LogP contribution is -2.33. The highest BCUT2D eigenvalue weighted by Gasteiger charge is 2.28. The second kappa shape index (κ2) is 8.93. The quantitative estimate of drug-likeness (QED) is 0.398. The van der Waals surface area contributed by atoms with Gasteiger partial charge in [-0.3, -0.25) is 24.1 Å². The monoisotopic (exact) mass is 375 g/mol. The van der Waals surface area contributed by atoms with Gasteiger partial charge in [-0.25, -0.2) is 4.79 Å². The minimum absolute atomic E-state index is 0.0332. The van der Waals surface area contributed by atoms with Crippen molar-refractivity contribution in [1.29, 1.82) is 0 Å². The predicted octanol–water partition coefficient (Wildman–Crippen LogP) is 1.09. The molecule has 0 aromatic heterocycles. The number of ketones is 1. The third-order valence-electron chi connectivity index (χ3n) is 3.91. The fourth-order valence-corrected chi connectivity index (χ4v) is 2.43. The van der Waals surface area contributed by atoms with E-state index in [1.807, 2.05) is 0 Å². The summed E-state index contributed by atoms with van der Waals surface area (Å²) < 4.78 is 5.06. The third-order valence-corrected chi connectivity index (χ3v) is 3.91. The number of hydrogen-bond acceptors (Lipinski definition) is 6. The van der Waals surface area contributed by atoms with Crippen LogP contribution in [0.25, 0.3) is 0 Å². The molecule has 0 aliphatic carbocycles. The zero-order chi connectivity index (χ0) is 20.0. The van der Waals surface area contributed by atoms with Gasteiger partial charge in [0.2, 0.25) is 5.91 Å². The highest BCUT2D eigenvalue weighted by Crippen LogP contribution is 2.12. The van der Waals surface area contributed by atoms with Crippen LogP contribution in [-0.4, -0.2) is 53.7 Å². The Hall–Kier alpha value is -3.23. The normalized spacial score (nSPS) is 14.5. The number of benzene rings is 1. The molecule has 2 N–H and O–H groups in total. The first kappa shape index (κ1) is 20.1. The Morgan fingerprint density at radius 2 is 2.04 bits per heavy atom. The van der Waals surface area contributed by atoms with Gasteiger partial charge in [0.1, 0.15) is 0 Å². The topological polar surface area (TPSA) is 122 Å². The zero-order valence-electron chi connectivity index (χ0n) is 15.1. The Morgan fingerprint density at radius 1 is 1.30 bits per heavy atom. The van der Waals surface area contributed by atoms with Crippen molar-refractivity contribution in [2.75, 3.05) is 18.4 Å². The summed E-state index contributed by atoms with van der Waals surface area (Å²) in [7, 11) is 0. The second-order valence-electron chi connectivity index (χ2n) is 6.07. The van der Waals surface area contributed by atoms with Crippen LogP contribution in [0.15, 0.2) is 24.3 Å². The van der Waals surface area contributed by atoms with Gasteiger partial charge in [-0.15, -0.1) is 0 Å². The van der Waals surface area contributed by atoms with Gasteiger partial charge in [-0.1, -0.05) is 12.1 Å². The molecule has 144 valence electrons. The molecule has 1 aromatic carbocycles. The maximum Gasteiger partial charge on any atom is 0.324 e. The van der Waals surface area contributed by atoms with Crippen molar-refractivity contribution < 1.29 is 28.7 Å². The molecule has 1 saturated heterocycles. The number of carbonyl (C=O) groups is 5. The molecule has 1 aliphatic heterocycles. The maximum atomic E-state index is 12.1.